The van der Waals surface area contributed by atoms with Crippen molar-refractivity contribution in [3.8, 4) is 5.75 Å². The van der Waals surface area contributed by atoms with Crippen molar-refractivity contribution in [3.05, 3.63) is 70.6 Å². The normalized spacial score (nSPS) is 18.4. The highest BCUT2D eigenvalue weighted by Crippen LogP contribution is 2.36. The maximum atomic E-state index is 13.9. The zero-order valence-corrected chi connectivity index (χ0v) is 22.3. The van der Waals surface area contributed by atoms with Gasteiger partial charge >= 0.3 is 0 Å². The molecule has 10 heteroatoms. The molecule has 1 fully saturated rings. The Bertz CT molecular complexity index is 1310. The van der Waals surface area contributed by atoms with Gasteiger partial charge in [0.1, 0.15) is 22.5 Å². The van der Waals surface area contributed by atoms with Crippen molar-refractivity contribution in [2.24, 2.45) is 5.92 Å². The quantitative estimate of drug-likeness (QED) is 0.542. The van der Waals surface area contributed by atoms with Gasteiger partial charge in [0.2, 0.25) is 11.8 Å². The van der Waals surface area contributed by atoms with Gasteiger partial charge in [-0.2, -0.15) is 0 Å². The molecule has 192 valence electrons. The largest absolute Gasteiger partial charge is 0.495 e. The molecule has 2 amide bonds. The number of halogens is 1. The van der Waals surface area contributed by atoms with Gasteiger partial charge in [0.05, 0.1) is 7.11 Å². The summed E-state index contributed by atoms with van der Waals surface area (Å²) in [6.45, 7) is 6.12. The molecule has 0 aliphatic carbocycles. The van der Waals surface area contributed by atoms with Gasteiger partial charge in [-0.1, -0.05) is 43.6 Å². The summed E-state index contributed by atoms with van der Waals surface area (Å²) in [5, 5.41) is 0.564. The monoisotopic (exact) mass is 531 g/mol. The Morgan fingerprint density at radius 2 is 1.81 bits per heavy atom. The molecule has 1 unspecified atom stereocenters. The van der Waals surface area contributed by atoms with E-state index in [-0.39, 0.29) is 53.6 Å². The Morgan fingerprint density at radius 1 is 1.11 bits per heavy atom. The zero-order valence-electron chi connectivity index (χ0n) is 20.8. The Kier molecular flexibility index (Phi) is 7.33. The number of methoxy groups -OCH3 is 1. The topological polar surface area (TPSA) is 87.2 Å². The number of rotatable bonds is 7. The van der Waals surface area contributed by atoms with E-state index in [0.29, 0.717) is 11.6 Å². The van der Waals surface area contributed by atoms with Crippen LogP contribution in [0, 0.1) is 12.8 Å². The summed E-state index contributed by atoms with van der Waals surface area (Å²) < 4.78 is 34.5. The van der Waals surface area contributed by atoms with Crippen molar-refractivity contribution in [1.29, 1.82) is 0 Å². The van der Waals surface area contributed by atoms with Crippen LogP contribution >= 0.6 is 11.6 Å². The summed E-state index contributed by atoms with van der Waals surface area (Å²) in [6, 6.07) is 11.1. The van der Waals surface area contributed by atoms with Crippen molar-refractivity contribution in [2.75, 3.05) is 20.2 Å². The van der Waals surface area contributed by atoms with E-state index in [1.165, 1.54) is 27.4 Å². The van der Waals surface area contributed by atoms with Crippen molar-refractivity contribution in [3.63, 3.8) is 0 Å². The molecule has 0 aromatic heterocycles. The van der Waals surface area contributed by atoms with Gasteiger partial charge in [-0.15, -0.1) is 0 Å². The number of sulfonamides is 1. The predicted molar refractivity (Wildman–Crippen MR) is 137 cm³/mol. The van der Waals surface area contributed by atoms with E-state index >= 15 is 0 Å². The van der Waals surface area contributed by atoms with Crippen LogP contribution in [0.4, 0.5) is 0 Å². The lowest BCUT2D eigenvalue weighted by Crippen LogP contribution is -2.60. The second-order valence-electron chi connectivity index (χ2n) is 9.46. The van der Waals surface area contributed by atoms with E-state index in [1.807, 2.05) is 13.8 Å². The Hall–Kier alpha value is -3.04. The first-order valence-corrected chi connectivity index (χ1v) is 13.6. The molecule has 8 nitrogen and oxygen atoms in total. The van der Waals surface area contributed by atoms with Gasteiger partial charge in [0.15, 0.2) is 0 Å². The molecule has 1 saturated heterocycles. The number of benzene rings is 2. The molecule has 36 heavy (non-hydrogen) atoms. The van der Waals surface area contributed by atoms with E-state index in [1.54, 1.807) is 49.4 Å². The summed E-state index contributed by atoms with van der Waals surface area (Å²) in [4.78, 5) is 29.7. The van der Waals surface area contributed by atoms with Crippen LogP contribution in [0.5, 0.6) is 5.75 Å². The molecular formula is C26H30ClN3O5S. The Balaban J connectivity index is 1.82. The van der Waals surface area contributed by atoms with Gasteiger partial charge in [0.25, 0.3) is 10.0 Å². The number of nitrogens with zero attached hydrogens (tertiary/aromatic N) is 3. The smallest absolute Gasteiger partial charge is 0.269 e. The van der Waals surface area contributed by atoms with E-state index in [9.17, 15) is 18.0 Å². The minimum atomic E-state index is -4.10. The summed E-state index contributed by atoms with van der Waals surface area (Å²) >= 11 is 6.03. The van der Waals surface area contributed by atoms with Crippen molar-refractivity contribution >= 4 is 33.4 Å². The molecule has 1 atom stereocenters. The average molecular weight is 532 g/mol. The molecule has 0 N–H and O–H groups in total. The minimum absolute atomic E-state index is 0.0155. The standard InChI is InChI=1S/C26H30ClN3O5S/c1-17(2)15-28-16-24-29(36(33,34)23-13-18(3)5-10-22(23)35-4)12-11-25(31)30(24)21(26(28)32)14-19-6-8-20(27)9-7-19/h5-10,13,16-17,21H,11-12,14-15H2,1-4H3. The molecule has 2 aromatic rings. The van der Waals surface area contributed by atoms with Crippen LogP contribution in [0.3, 0.4) is 0 Å². The number of fused-ring (bicyclic) bond motifs is 1. The van der Waals surface area contributed by atoms with Crippen LogP contribution in [0.15, 0.2) is 59.4 Å². The van der Waals surface area contributed by atoms with Gasteiger partial charge in [0, 0.05) is 37.2 Å². The van der Waals surface area contributed by atoms with Gasteiger partial charge in [-0.3, -0.25) is 14.5 Å². The van der Waals surface area contributed by atoms with E-state index < -0.39 is 16.1 Å². The molecule has 0 spiro atoms. The number of ether oxygens (including phenoxy) is 1. The Morgan fingerprint density at radius 3 is 2.44 bits per heavy atom. The van der Waals surface area contributed by atoms with Crippen molar-refractivity contribution < 1.29 is 22.7 Å². The molecule has 0 bridgehead atoms. The molecule has 2 aromatic carbocycles. The Labute approximate surface area is 217 Å². The lowest BCUT2D eigenvalue weighted by Gasteiger charge is -2.46. The number of aryl methyl sites for hydroxylation is 1. The second-order valence-corrected chi connectivity index (χ2v) is 11.7. The number of hydrogen-bond donors (Lipinski definition) is 0. The summed E-state index contributed by atoms with van der Waals surface area (Å²) in [5.74, 6) is -0.0133. The molecule has 4 rings (SSSR count). The number of carbonyl (C=O) groups excluding carboxylic acids is 2. The fourth-order valence-electron chi connectivity index (χ4n) is 4.55. The highest BCUT2D eigenvalue weighted by Gasteiger charge is 2.46. The number of carbonyl (C=O) groups is 2. The molecule has 0 radical (unpaired) electrons. The SMILES string of the molecule is COc1ccc(C)cc1S(=O)(=O)N1CCC(=O)N2C1=CN(CC(C)C)C(=O)C2Cc1ccc(Cl)cc1. The third kappa shape index (κ3) is 4.95. The number of hydrogen-bond acceptors (Lipinski definition) is 5. The van der Waals surface area contributed by atoms with Crippen LogP contribution in [0.25, 0.3) is 0 Å². The zero-order chi connectivity index (χ0) is 26.2. The molecule has 0 saturated carbocycles. The van der Waals surface area contributed by atoms with Crippen molar-refractivity contribution in [1.82, 2.24) is 14.1 Å². The summed E-state index contributed by atoms with van der Waals surface area (Å²) in [5.41, 5.74) is 1.57. The van der Waals surface area contributed by atoms with Crippen LogP contribution in [-0.4, -0.2) is 60.6 Å². The molecule has 2 aliphatic rings. The van der Waals surface area contributed by atoms with E-state index in [2.05, 4.69) is 0 Å². The van der Waals surface area contributed by atoms with Crippen molar-refractivity contribution in [2.45, 2.75) is 44.6 Å². The summed E-state index contributed by atoms with van der Waals surface area (Å²) in [6.07, 6.45) is 1.69. The average Bonchev–Trinajstić information content (AvgIpc) is 2.82. The lowest BCUT2D eigenvalue weighted by molar-refractivity contribution is -0.147. The molecule has 2 aliphatic heterocycles. The van der Waals surface area contributed by atoms with E-state index in [4.69, 9.17) is 16.3 Å². The maximum absolute atomic E-state index is 13.9. The van der Waals surface area contributed by atoms with Crippen LogP contribution < -0.4 is 4.74 Å². The second kappa shape index (κ2) is 10.1. The van der Waals surface area contributed by atoms with Gasteiger partial charge in [-0.05, 0) is 48.2 Å². The third-order valence-electron chi connectivity index (χ3n) is 6.24. The predicted octanol–water partition coefficient (Wildman–Crippen LogP) is 3.79. The van der Waals surface area contributed by atoms with E-state index in [0.717, 1.165) is 11.1 Å². The highest BCUT2D eigenvalue weighted by atomic mass is 35.5. The number of amides is 2. The summed E-state index contributed by atoms with van der Waals surface area (Å²) in [7, 11) is -2.68. The van der Waals surface area contributed by atoms with Crippen LogP contribution in [-0.2, 0) is 26.0 Å². The molecular weight excluding hydrogens is 502 g/mol. The fraction of sp³-hybridized carbons (Fsp3) is 0.385. The molecule has 2 heterocycles. The first-order valence-electron chi connectivity index (χ1n) is 11.8. The lowest BCUT2D eigenvalue weighted by atomic mass is 10.00. The van der Waals surface area contributed by atoms with Gasteiger partial charge in [-0.25, -0.2) is 12.7 Å². The first-order chi connectivity index (χ1) is 17.0. The first kappa shape index (κ1) is 26.0. The maximum Gasteiger partial charge on any atom is 0.269 e. The van der Waals surface area contributed by atoms with Crippen LogP contribution in [0.2, 0.25) is 5.02 Å². The highest BCUT2D eigenvalue weighted by molar-refractivity contribution is 7.89. The third-order valence-corrected chi connectivity index (χ3v) is 8.32. The van der Waals surface area contributed by atoms with Crippen LogP contribution in [0.1, 0.15) is 31.4 Å². The van der Waals surface area contributed by atoms with Gasteiger partial charge < -0.3 is 9.64 Å². The minimum Gasteiger partial charge on any atom is -0.495 e. The fourth-order valence-corrected chi connectivity index (χ4v) is 6.37.